The SMILES string of the molecule is SCC1(N2CCOCC2)CC1. The van der Waals surface area contributed by atoms with E-state index in [1.807, 2.05) is 0 Å². The van der Waals surface area contributed by atoms with Crippen LogP contribution in [0.25, 0.3) is 0 Å². The van der Waals surface area contributed by atoms with Gasteiger partial charge in [0.05, 0.1) is 13.2 Å². The average Bonchev–Trinajstić information content (AvgIpc) is 2.86. The van der Waals surface area contributed by atoms with E-state index < -0.39 is 0 Å². The topological polar surface area (TPSA) is 12.5 Å². The van der Waals surface area contributed by atoms with Crippen molar-refractivity contribution in [3.63, 3.8) is 0 Å². The van der Waals surface area contributed by atoms with E-state index in [0.29, 0.717) is 5.54 Å². The van der Waals surface area contributed by atoms with Crippen molar-refractivity contribution in [2.24, 2.45) is 0 Å². The molecule has 2 fully saturated rings. The molecule has 2 nitrogen and oxygen atoms in total. The highest BCUT2D eigenvalue weighted by Crippen LogP contribution is 2.42. The lowest BCUT2D eigenvalue weighted by atomic mass is 10.2. The lowest BCUT2D eigenvalue weighted by Crippen LogP contribution is -2.46. The second-order valence-electron chi connectivity index (χ2n) is 3.48. The van der Waals surface area contributed by atoms with Crippen LogP contribution in [0.3, 0.4) is 0 Å². The predicted octanol–water partition coefficient (Wildman–Crippen LogP) is 0.781. The number of hydrogen-bond acceptors (Lipinski definition) is 3. The van der Waals surface area contributed by atoms with Crippen LogP contribution in [0.1, 0.15) is 12.8 Å². The first-order valence-electron chi connectivity index (χ1n) is 4.31. The molecule has 0 atom stereocenters. The van der Waals surface area contributed by atoms with E-state index in [4.69, 9.17) is 4.74 Å². The minimum absolute atomic E-state index is 0.479. The third-order valence-electron chi connectivity index (χ3n) is 2.80. The van der Waals surface area contributed by atoms with Crippen molar-refractivity contribution in [2.75, 3.05) is 32.1 Å². The summed E-state index contributed by atoms with van der Waals surface area (Å²) in [7, 11) is 0. The van der Waals surface area contributed by atoms with Crippen LogP contribution in [0.4, 0.5) is 0 Å². The first-order chi connectivity index (χ1) is 5.37. The molecular formula is C8H15NOS. The second-order valence-corrected chi connectivity index (χ2v) is 3.80. The van der Waals surface area contributed by atoms with E-state index in [1.165, 1.54) is 12.8 Å². The van der Waals surface area contributed by atoms with Crippen molar-refractivity contribution in [3.8, 4) is 0 Å². The summed E-state index contributed by atoms with van der Waals surface area (Å²) >= 11 is 4.39. The first-order valence-corrected chi connectivity index (χ1v) is 4.94. The van der Waals surface area contributed by atoms with Gasteiger partial charge >= 0.3 is 0 Å². The fraction of sp³-hybridized carbons (Fsp3) is 1.00. The number of ether oxygens (including phenoxy) is 1. The Labute approximate surface area is 73.3 Å². The van der Waals surface area contributed by atoms with Gasteiger partial charge in [0.2, 0.25) is 0 Å². The molecule has 0 spiro atoms. The maximum absolute atomic E-state index is 5.30. The Balaban J connectivity index is 1.92. The summed E-state index contributed by atoms with van der Waals surface area (Å²) in [5, 5.41) is 0. The number of hydrogen-bond donors (Lipinski definition) is 1. The second kappa shape index (κ2) is 2.96. The van der Waals surface area contributed by atoms with Crippen molar-refractivity contribution in [3.05, 3.63) is 0 Å². The number of rotatable bonds is 2. The van der Waals surface area contributed by atoms with Crippen LogP contribution < -0.4 is 0 Å². The molecule has 1 aliphatic carbocycles. The lowest BCUT2D eigenvalue weighted by Gasteiger charge is -2.33. The number of morpholine rings is 1. The van der Waals surface area contributed by atoms with Gasteiger partial charge in [-0.2, -0.15) is 12.6 Å². The molecule has 2 aliphatic rings. The summed E-state index contributed by atoms with van der Waals surface area (Å²) < 4.78 is 5.30. The zero-order valence-corrected chi connectivity index (χ0v) is 7.65. The molecule has 0 N–H and O–H groups in total. The van der Waals surface area contributed by atoms with Crippen molar-refractivity contribution in [1.29, 1.82) is 0 Å². The smallest absolute Gasteiger partial charge is 0.0594 e. The van der Waals surface area contributed by atoms with Gasteiger partial charge in [-0.1, -0.05) is 0 Å². The fourth-order valence-electron chi connectivity index (χ4n) is 1.76. The van der Waals surface area contributed by atoms with E-state index in [-0.39, 0.29) is 0 Å². The maximum Gasteiger partial charge on any atom is 0.0594 e. The van der Waals surface area contributed by atoms with Gasteiger partial charge in [0, 0.05) is 24.4 Å². The highest BCUT2D eigenvalue weighted by molar-refractivity contribution is 7.80. The van der Waals surface area contributed by atoms with Gasteiger partial charge in [-0.25, -0.2) is 0 Å². The molecule has 64 valence electrons. The van der Waals surface area contributed by atoms with Crippen molar-refractivity contribution in [2.45, 2.75) is 18.4 Å². The Morgan fingerprint density at radius 1 is 1.27 bits per heavy atom. The van der Waals surface area contributed by atoms with Gasteiger partial charge in [0.15, 0.2) is 0 Å². The summed E-state index contributed by atoms with van der Waals surface area (Å²) in [6, 6.07) is 0. The molecule has 0 aromatic heterocycles. The molecule has 1 saturated carbocycles. The van der Waals surface area contributed by atoms with Crippen LogP contribution in [-0.2, 0) is 4.74 Å². The van der Waals surface area contributed by atoms with Crippen LogP contribution in [0.5, 0.6) is 0 Å². The molecule has 11 heavy (non-hydrogen) atoms. The molecular weight excluding hydrogens is 158 g/mol. The Hall–Kier alpha value is 0.270. The standard InChI is InChI=1S/C8H15NOS/c11-7-8(1-2-8)9-3-5-10-6-4-9/h11H,1-7H2. The first kappa shape index (κ1) is 7.90. The minimum atomic E-state index is 0.479. The number of nitrogens with zero attached hydrogens (tertiary/aromatic N) is 1. The van der Waals surface area contributed by atoms with Gasteiger partial charge < -0.3 is 4.74 Å². The Morgan fingerprint density at radius 3 is 2.36 bits per heavy atom. The van der Waals surface area contributed by atoms with Gasteiger partial charge in [0.25, 0.3) is 0 Å². The van der Waals surface area contributed by atoms with Crippen LogP contribution >= 0.6 is 12.6 Å². The highest BCUT2D eigenvalue weighted by atomic mass is 32.1. The monoisotopic (exact) mass is 173 g/mol. The van der Waals surface area contributed by atoms with Crippen LogP contribution in [0, 0.1) is 0 Å². The van der Waals surface area contributed by atoms with Crippen LogP contribution in [0.2, 0.25) is 0 Å². The summed E-state index contributed by atoms with van der Waals surface area (Å²) in [6.45, 7) is 4.05. The van der Waals surface area contributed by atoms with E-state index in [9.17, 15) is 0 Å². The van der Waals surface area contributed by atoms with E-state index >= 15 is 0 Å². The van der Waals surface area contributed by atoms with Crippen LogP contribution in [-0.4, -0.2) is 42.5 Å². The quantitative estimate of drug-likeness (QED) is 0.620. The highest BCUT2D eigenvalue weighted by Gasteiger charge is 2.46. The summed E-state index contributed by atoms with van der Waals surface area (Å²) in [5.74, 6) is 1.02. The van der Waals surface area contributed by atoms with Crippen molar-refractivity contribution in [1.82, 2.24) is 4.90 Å². The molecule has 2 rings (SSSR count). The molecule has 0 amide bonds. The zero-order valence-electron chi connectivity index (χ0n) is 6.75. The van der Waals surface area contributed by atoms with E-state index in [0.717, 1.165) is 32.1 Å². The summed E-state index contributed by atoms with van der Waals surface area (Å²) in [4.78, 5) is 2.55. The number of thiol groups is 1. The Kier molecular flexibility index (Phi) is 2.12. The molecule has 0 aromatic carbocycles. The zero-order chi connectivity index (χ0) is 7.73. The molecule has 1 heterocycles. The molecule has 0 aromatic rings. The normalized spacial score (nSPS) is 30.3. The van der Waals surface area contributed by atoms with Crippen molar-refractivity contribution >= 4 is 12.6 Å². The average molecular weight is 173 g/mol. The Morgan fingerprint density at radius 2 is 1.91 bits per heavy atom. The molecule has 3 heteroatoms. The van der Waals surface area contributed by atoms with Gasteiger partial charge in [-0.05, 0) is 12.8 Å². The van der Waals surface area contributed by atoms with Crippen LogP contribution in [0.15, 0.2) is 0 Å². The summed E-state index contributed by atoms with van der Waals surface area (Å²) in [5.41, 5.74) is 0.479. The van der Waals surface area contributed by atoms with E-state index in [2.05, 4.69) is 17.5 Å². The molecule has 1 aliphatic heterocycles. The van der Waals surface area contributed by atoms with E-state index in [1.54, 1.807) is 0 Å². The lowest BCUT2D eigenvalue weighted by molar-refractivity contribution is 0.0150. The Bertz CT molecular complexity index is 141. The summed E-state index contributed by atoms with van der Waals surface area (Å²) in [6.07, 6.45) is 2.69. The van der Waals surface area contributed by atoms with Gasteiger partial charge in [0.1, 0.15) is 0 Å². The van der Waals surface area contributed by atoms with Crippen molar-refractivity contribution < 1.29 is 4.74 Å². The molecule has 1 saturated heterocycles. The molecule has 0 bridgehead atoms. The molecule has 0 radical (unpaired) electrons. The largest absolute Gasteiger partial charge is 0.379 e. The van der Waals surface area contributed by atoms with Gasteiger partial charge in [-0.3, -0.25) is 4.90 Å². The predicted molar refractivity (Wildman–Crippen MR) is 48.2 cm³/mol. The maximum atomic E-state index is 5.30. The van der Waals surface area contributed by atoms with Gasteiger partial charge in [-0.15, -0.1) is 0 Å². The fourth-order valence-corrected chi connectivity index (χ4v) is 2.27. The third kappa shape index (κ3) is 1.42. The molecule has 0 unspecified atom stereocenters. The third-order valence-corrected chi connectivity index (χ3v) is 3.39. The minimum Gasteiger partial charge on any atom is -0.379 e.